The van der Waals surface area contributed by atoms with Crippen LogP contribution < -0.4 is 9.64 Å². The normalized spacial score (nSPS) is 19.1. The minimum absolute atomic E-state index is 0.318. The van der Waals surface area contributed by atoms with Crippen LogP contribution in [0.15, 0.2) is 78.9 Å². The number of carbonyl (C=O) groups is 2. The van der Waals surface area contributed by atoms with Crippen LogP contribution in [0.1, 0.15) is 29.7 Å². The standard InChI is InChI=1S/C26H25NO5/c1-17(26(29)30)23-25(28)27(16-18-8-4-3-5-9-18)22-11-7-6-10-21(22)24(32-23)19-12-14-20(31-2)15-13-19/h3-15,17,23-24H,16H2,1-2H3,(H,29,30). The zero-order chi connectivity index (χ0) is 22.7. The molecule has 6 nitrogen and oxygen atoms in total. The van der Waals surface area contributed by atoms with Crippen molar-refractivity contribution in [1.82, 2.24) is 0 Å². The van der Waals surface area contributed by atoms with Gasteiger partial charge < -0.3 is 19.5 Å². The summed E-state index contributed by atoms with van der Waals surface area (Å²) < 4.78 is 11.5. The summed E-state index contributed by atoms with van der Waals surface area (Å²) in [4.78, 5) is 27.1. The molecule has 0 saturated heterocycles. The van der Waals surface area contributed by atoms with Gasteiger partial charge in [-0.05, 0) is 36.2 Å². The summed E-state index contributed by atoms with van der Waals surface area (Å²) >= 11 is 0. The number of hydrogen-bond donors (Lipinski definition) is 1. The highest BCUT2D eigenvalue weighted by Gasteiger charge is 2.41. The molecule has 1 aliphatic heterocycles. The van der Waals surface area contributed by atoms with Gasteiger partial charge in [0.1, 0.15) is 11.9 Å². The van der Waals surface area contributed by atoms with E-state index in [1.54, 1.807) is 12.0 Å². The van der Waals surface area contributed by atoms with Crippen LogP contribution in [0.2, 0.25) is 0 Å². The molecule has 3 unspecified atom stereocenters. The van der Waals surface area contributed by atoms with Gasteiger partial charge in [0.15, 0.2) is 6.10 Å². The van der Waals surface area contributed by atoms with Gasteiger partial charge in [0.05, 0.1) is 25.3 Å². The lowest BCUT2D eigenvalue weighted by atomic mass is 9.99. The number of carbonyl (C=O) groups excluding carboxylic acids is 1. The molecule has 1 N–H and O–H groups in total. The molecule has 1 amide bonds. The second-order valence-electron chi connectivity index (χ2n) is 7.81. The first-order valence-electron chi connectivity index (χ1n) is 10.5. The molecule has 0 spiro atoms. The Morgan fingerprint density at radius 3 is 2.34 bits per heavy atom. The number of carboxylic acids is 1. The van der Waals surface area contributed by atoms with Crippen molar-refractivity contribution in [2.75, 3.05) is 12.0 Å². The molecule has 0 saturated carbocycles. The molecule has 164 valence electrons. The topological polar surface area (TPSA) is 76.1 Å². The molecule has 0 radical (unpaired) electrons. The van der Waals surface area contributed by atoms with E-state index >= 15 is 0 Å². The summed E-state index contributed by atoms with van der Waals surface area (Å²) in [6.45, 7) is 1.82. The minimum Gasteiger partial charge on any atom is -0.497 e. The molecular weight excluding hydrogens is 406 g/mol. The van der Waals surface area contributed by atoms with Crippen LogP contribution in [0.4, 0.5) is 5.69 Å². The number of para-hydroxylation sites is 1. The Labute approximate surface area is 187 Å². The van der Waals surface area contributed by atoms with E-state index in [0.29, 0.717) is 18.0 Å². The number of anilines is 1. The quantitative estimate of drug-likeness (QED) is 0.625. The van der Waals surface area contributed by atoms with Crippen molar-refractivity contribution in [3.8, 4) is 5.75 Å². The van der Waals surface area contributed by atoms with Gasteiger partial charge in [-0.1, -0.05) is 60.7 Å². The summed E-state index contributed by atoms with van der Waals surface area (Å²) in [6.07, 6.45) is -1.75. The van der Waals surface area contributed by atoms with Gasteiger partial charge in [0.25, 0.3) is 5.91 Å². The molecule has 1 heterocycles. The van der Waals surface area contributed by atoms with Gasteiger partial charge in [-0.25, -0.2) is 0 Å². The summed E-state index contributed by atoms with van der Waals surface area (Å²) in [5, 5.41) is 9.69. The second-order valence-corrected chi connectivity index (χ2v) is 7.81. The van der Waals surface area contributed by atoms with E-state index in [-0.39, 0.29) is 5.91 Å². The number of ether oxygens (including phenoxy) is 2. The van der Waals surface area contributed by atoms with E-state index in [9.17, 15) is 14.7 Å². The molecule has 6 heteroatoms. The van der Waals surface area contributed by atoms with Gasteiger partial charge in [-0.3, -0.25) is 9.59 Å². The van der Waals surface area contributed by atoms with Crippen LogP contribution in [-0.2, 0) is 20.9 Å². The number of fused-ring (bicyclic) bond motifs is 1. The number of benzene rings is 3. The molecule has 32 heavy (non-hydrogen) atoms. The molecule has 0 fully saturated rings. The summed E-state index contributed by atoms with van der Waals surface area (Å²) in [5.74, 6) is -1.77. The van der Waals surface area contributed by atoms with E-state index < -0.39 is 24.1 Å². The number of rotatable bonds is 6. The molecule has 3 aromatic carbocycles. The highest BCUT2D eigenvalue weighted by molar-refractivity contribution is 6.00. The Bertz CT molecular complexity index is 1100. The second kappa shape index (κ2) is 9.24. The van der Waals surface area contributed by atoms with E-state index in [1.807, 2.05) is 78.9 Å². The molecule has 1 aliphatic rings. The van der Waals surface area contributed by atoms with Crippen LogP contribution in [-0.4, -0.2) is 30.2 Å². The largest absolute Gasteiger partial charge is 0.497 e. The third-order valence-electron chi connectivity index (χ3n) is 5.75. The maximum absolute atomic E-state index is 13.7. The van der Waals surface area contributed by atoms with Crippen LogP contribution in [0, 0.1) is 5.92 Å². The average molecular weight is 431 g/mol. The smallest absolute Gasteiger partial charge is 0.309 e. The Balaban J connectivity index is 1.84. The predicted octanol–water partition coefficient (Wildman–Crippen LogP) is 4.44. The van der Waals surface area contributed by atoms with E-state index in [4.69, 9.17) is 9.47 Å². The zero-order valence-corrected chi connectivity index (χ0v) is 18.0. The van der Waals surface area contributed by atoms with Crippen molar-refractivity contribution < 1.29 is 24.2 Å². The highest BCUT2D eigenvalue weighted by atomic mass is 16.5. The fourth-order valence-corrected chi connectivity index (χ4v) is 3.93. The zero-order valence-electron chi connectivity index (χ0n) is 18.0. The van der Waals surface area contributed by atoms with E-state index in [2.05, 4.69) is 0 Å². The number of nitrogens with zero attached hydrogens (tertiary/aromatic N) is 1. The Morgan fingerprint density at radius 2 is 1.69 bits per heavy atom. The predicted molar refractivity (Wildman–Crippen MR) is 121 cm³/mol. The Morgan fingerprint density at radius 1 is 1.03 bits per heavy atom. The number of methoxy groups -OCH3 is 1. The van der Waals surface area contributed by atoms with Crippen LogP contribution in [0.5, 0.6) is 5.75 Å². The van der Waals surface area contributed by atoms with Crippen molar-refractivity contribution in [3.05, 3.63) is 95.6 Å². The molecule has 3 aromatic rings. The summed E-state index contributed by atoms with van der Waals surface area (Å²) in [5.41, 5.74) is 3.28. The maximum Gasteiger partial charge on any atom is 0.309 e. The lowest BCUT2D eigenvalue weighted by Crippen LogP contribution is -2.44. The fraction of sp³-hybridized carbons (Fsp3) is 0.231. The molecule has 4 rings (SSSR count). The summed E-state index contributed by atoms with van der Waals surface area (Å²) in [6, 6.07) is 24.6. The average Bonchev–Trinajstić information content (AvgIpc) is 2.94. The minimum atomic E-state index is -1.14. The van der Waals surface area contributed by atoms with E-state index in [0.717, 1.165) is 16.7 Å². The monoisotopic (exact) mass is 431 g/mol. The first kappa shape index (κ1) is 21.6. The number of amides is 1. The van der Waals surface area contributed by atoms with Gasteiger partial charge in [-0.15, -0.1) is 0 Å². The van der Waals surface area contributed by atoms with Crippen LogP contribution in [0.3, 0.4) is 0 Å². The van der Waals surface area contributed by atoms with Gasteiger partial charge in [-0.2, -0.15) is 0 Å². The van der Waals surface area contributed by atoms with Crippen molar-refractivity contribution in [2.45, 2.75) is 25.7 Å². The van der Waals surface area contributed by atoms with Crippen molar-refractivity contribution in [2.24, 2.45) is 5.92 Å². The number of hydrogen-bond acceptors (Lipinski definition) is 4. The molecule has 3 atom stereocenters. The SMILES string of the molecule is COc1ccc(C2OC(C(C)C(=O)O)C(=O)N(Cc3ccccc3)c3ccccc32)cc1. The van der Waals surface area contributed by atoms with Gasteiger partial charge in [0.2, 0.25) is 0 Å². The highest BCUT2D eigenvalue weighted by Crippen LogP contribution is 2.40. The third kappa shape index (κ3) is 4.22. The lowest BCUT2D eigenvalue weighted by Gasteiger charge is -2.27. The van der Waals surface area contributed by atoms with Crippen molar-refractivity contribution >= 4 is 17.6 Å². The Kier molecular flexibility index (Phi) is 6.23. The number of aliphatic carboxylic acids is 1. The van der Waals surface area contributed by atoms with Gasteiger partial charge in [0, 0.05) is 5.56 Å². The van der Waals surface area contributed by atoms with Crippen LogP contribution >= 0.6 is 0 Å². The Hall–Kier alpha value is -3.64. The third-order valence-corrected chi connectivity index (χ3v) is 5.75. The van der Waals surface area contributed by atoms with Crippen LogP contribution in [0.25, 0.3) is 0 Å². The maximum atomic E-state index is 13.7. The van der Waals surface area contributed by atoms with Crippen molar-refractivity contribution in [1.29, 1.82) is 0 Å². The molecule has 0 bridgehead atoms. The fourth-order valence-electron chi connectivity index (χ4n) is 3.93. The van der Waals surface area contributed by atoms with Crippen molar-refractivity contribution in [3.63, 3.8) is 0 Å². The van der Waals surface area contributed by atoms with Gasteiger partial charge >= 0.3 is 5.97 Å². The summed E-state index contributed by atoms with van der Waals surface area (Å²) in [7, 11) is 1.59. The molecule has 0 aromatic heterocycles. The van der Waals surface area contributed by atoms with E-state index in [1.165, 1.54) is 6.92 Å². The first-order valence-corrected chi connectivity index (χ1v) is 10.5. The first-order chi connectivity index (χ1) is 15.5. The molecular formula is C26H25NO5. The lowest BCUT2D eigenvalue weighted by molar-refractivity contribution is -0.154. The number of carboxylic acid groups (broad SMARTS) is 1. The molecule has 0 aliphatic carbocycles.